The smallest absolute Gasteiger partial charge is 0.254 e. The highest BCUT2D eigenvalue weighted by Crippen LogP contribution is 2.37. The molecule has 7 nitrogen and oxygen atoms in total. The molecule has 1 saturated carbocycles. The first-order chi connectivity index (χ1) is 12.5. The molecule has 2 aromatic rings. The first-order valence-corrected chi connectivity index (χ1v) is 11.0. The van der Waals surface area contributed by atoms with Gasteiger partial charge in [-0.15, -0.1) is 11.3 Å². The summed E-state index contributed by atoms with van der Waals surface area (Å²) >= 11 is 1.21. The molecule has 4 rings (SSSR count). The number of amides is 1. The van der Waals surface area contributed by atoms with Crippen LogP contribution in [0.2, 0.25) is 0 Å². The van der Waals surface area contributed by atoms with Crippen LogP contribution in [0.1, 0.15) is 47.8 Å². The summed E-state index contributed by atoms with van der Waals surface area (Å²) in [6.45, 7) is 0.763. The SMILES string of the molecule is O=C(N[C@@H]1CCCN(S(=O)(=O)c2cccs2)C1)c1cnc(C2CC2)nc1. The van der Waals surface area contributed by atoms with Crippen LogP contribution in [-0.2, 0) is 10.0 Å². The van der Waals surface area contributed by atoms with E-state index >= 15 is 0 Å². The largest absolute Gasteiger partial charge is 0.348 e. The summed E-state index contributed by atoms with van der Waals surface area (Å²) in [6.07, 6.45) is 6.80. The number of hydrogen-bond acceptors (Lipinski definition) is 6. The Bertz CT molecular complexity index is 877. The quantitative estimate of drug-likeness (QED) is 0.840. The number of hydrogen-bond donors (Lipinski definition) is 1. The van der Waals surface area contributed by atoms with Crippen molar-refractivity contribution < 1.29 is 13.2 Å². The van der Waals surface area contributed by atoms with Crippen LogP contribution in [0.4, 0.5) is 0 Å². The van der Waals surface area contributed by atoms with Crippen LogP contribution in [0.25, 0.3) is 0 Å². The topological polar surface area (TPSA) is 92.3 Å². The number of piperidine rings is 1. The number of thiophene rings is 1. The van der Waals surface area contributed by atoms with Gasteiger partial charge in [-0.1, -0.05) is 6.07 Å². The predicted octanol–water partition coefficient (Wildman–Crippen LogP) is 2.00. The lowest BCUT2D eigenvalue weighted by molar-refractivity contribution is 0.0920. The van der Waals surface area contributed by atoms with Gasteiger partial charge in [0.25, 0.3) is 15.9 Å². The van der Waals surface area contributed by atoms with Crippen LogP contribution in [0, 0.1) is 0 Å². The Balaban J connectivity index is 1.40. The summed E-state index contributed by atoms with van der Waals surface area (Å²) in [6, 6.07) is 3.13. The first-order valence-electron chi connectivity index (χ1n) is 8.70. The Morgan fingerprint density at radius 2 is 2.00 bits per heavy atom. The third-order valence-corrected chi connectivity index (χ3v) is 7.92. The van der Waals surface area contributed by atoms with Crippen molar-refractivity contribution in [2.75, 3.05) is 13.1 Å². The molecular formula is C17H20N4O3S2. The van der Waals surface area contributed by atoms with Crippen LogP contribution < -0.4 is 5.32 Å². The lowest BCUT2D eigenvalue weighted by Gasteiger charge is -2.32. The van der Waals surface area contributed by atoms with Gasteiger partial charge >= 0.3 is 0 Å². The highest BCUT2D eigenvalue weighted by atomic mass is 32.2. The standard InChI is InChI=1S/C17H20N4O3S2/c22-17(13-9-18-16(19-10-13)12-5-6-12)20-14-3-1-7-21(11-14)26(23,24)15-4-2-8-25-15/h2,4,8-10,12,14H,1,3,5-7,11H2,(H,20,22)/t14-/m1/s1. The molecule has 0 bridgehead atoms. The van der Waals surface area contributed by atoms with E-state index in [9.17, 15) is 13.2 Å². The number of sulfonamides is 1. The number of rotatable bonds is 5. The van der Waals surface area contributed by atoms with Crippen LogP contribution in [0.3, 0.4) is 0 Å². The summed E-state index contributed by atoms with van der Waals surface area (Å²) in [7, 11) is -3.48. The fourth-order valence-electron chi connectivity index (χ4n) is 3.09. The minimum absolute atomic E-state index is 0.214. The first kappa shape index (κ1) is 17.6. The summed E-state index contributed by atoms with van der Waals surface area (Å²) in [4.78, 5) is 21.0. The molecule has 2 aliphatic rings. The van der Waals surface area contributed by atoms with E-state index in [0.29, 0.717) is 28.7 Å². The molecule has 2 aromatic heterocycles. The van der Waals surface area contributed by atoms with Gasteiger partial charge in [0.05, 0.1) is 5.56 Å². The summed E-state index contributed by atoms with van der Waals surface area (Å²) in [5.74, 6) is 0.988. The van der Waals surface area contributed by atoms with E-state index in [1.54, 1.807) is 29.9 Å². The molecule has 1 N–H and O–H groups in total. The van der Waals surface area contributed by atoms with Crippen molar-refractivity contribution in [2.24, 2.45) is 0 Å². The molecule has 1 amide bonds. The van der Waals surface area contributed by atoms with Crippen LogP contribution in [0.15, 0.2) is 34.1 Å². The van der Waals surface area contributed by atoms with Gasteiger partial charge in [-0.2, -0.15) is 4.31 Å². The average molecular weight is 393 g/mol. The van der Waals surface area contributed by atoms with Crippen molar-refractivity contribution >= 4 is 27.3 Å². The van der Waals surface area contributed by atoms with Gasteiger partial charge < -0.3 is 5.32 Å². The fraction of sp³-hybridized carbons (Fsp3) is 0.471. The molecule has 2 fully saturated rings. The minimum atomic E-state index is -3.48. The molecule has 0 unspecified atom stereocenters. The molecule has 1 aliphatic carbocycles. The van der Waals surface area contributed by atoms with Crippen molar-refractivity contribution in [1.82, 2.24) is 19.6 Å². The van der Waals surface area contributed by atoms with Crippen molar-refractivity contribution in [1.29, 1.82) is 0 Å². The van der Waals surface area contributed by atoms with Crippen LogP contribution in [0.5, 0.6) is 0 Å². The maximum absolute atomic E-state index is 12.7. The van der Waals surface area contributed by atoms with Gasteiger partial charge in [-0.3, -0.25) is 4.79 Å². The molecule has 1 atom stereocenters. The van der Waals surface area contributed by atoms with E-state index in [4.69, 9.17) is 0 Å². The van der Waals surface area contributed by atoms with Gasteiger partial charge in [0.1, 0.15) is 10.0 Å². The van der Waals surface area contributed by atoms with Crippen molar-refractivity contribution in [3.05, 3.63) is 41.3 Å². The number of carbonyl (C=O) groups is 1. The second-order valence-electron chi connectivity index (χ2n) is 6.71. The molecule has 138 valence electrons. The highest BCUT2D eigenvalue weighted by molar-refractivity contribution is 7.91. The minimum Gasteiger partial charge on any atom is -0.348 e. The van der Waals surface area contributed by atoms with E-state index in [0.717, 1.165) is 25.1 Å². The Kier molecular flexibility index (Phi) is 4.76. The van der Waals surface area contributed by atoms with Gasteiger partial charge in [-0.25, -0.2) is 18.4 Å². The van der Waals surface area contributed by atoms with Crippen LogP contribution >= 0.6 is 11.3 Å². The zero-order chi connectivity index (χ0) is 18.1. The van der Waals surface area contributed by atoms with Crippen molar-refractivity contribution in [2.45, 2.75) is 41.9 Å². The maximum Gasteiger partial charge on any atom is 0.254 e. The normalized spacial score (nSPS) is 21.5. The monoisotopic (exact) mass is 392 g/mol. The van der Waals surface area contributed by atoms with E-state index in [-0.39, 0.29) is 18.5 Å². The number of carbonyl (C=O) groups excluding carboxylic acids is 1. The summed E-state index contributed by atoms with van der Waals surface area (Å²) < 4.78 is 27.1. The second kappa shape index (κ2) is 7.05. The van der Waals surface area contributed by atoms with Crippen LogP contribution in [-0.4, -0.2) is 47.7 Å². The zero-order valence-electron chi connectivity index (χ0n) is 14.2. The molecule has 0 aromatic carbocycles. The van der Waals surface area contributed by atoms with Gasteiger partial charge in [0.15, 0.2) is 0 Å². The van der Waals surface area contributed by atoms with E-state index < -0.39 is 10.0 Å². The van der Waals surface area contributed by atoms with E-state index in [1.165, 1.54) is 15.6 Å². The molecule has 9 heteroatoms. The van der Waals surface area contributed by atoms with E-state index in [1.807, 2.05) is 0 Å². The zero-order valence-corrected chi connectivity index (χ0v) is 15.8. The van der Waals surface area contributed by atoms with E-state index in [2.05, 4.69) is 15.3 Å². The third kappa shape index (κ3) is 3.65. The number of nitrogens with zero attached hydrogens (tertiary/aromatic N) is 3. The summed E-state index contributed by atoms with van der Waals surface area (Å²) in [5.41, 5.74) is 0.410. The Morgan fingerprint density at radius 3 is 2.65 bits per heavy atom. The Morgan fingerprint density at radius 1 is 1.23 bits per heavy atom. The second-order valence-corrected chi connectivity index (χ2v) is 9.82. The maximum atomic E-state index is 12.7. The van der Waals surface area contributed by atoms with Crippen molar-refractivity contribution in [3.8, 4) is 0 Å². The molecule has 0 spiro atoms. The number of nitrogens with one attached hydrogen (secondary N) is 1. The van der Waals surface area contributed by atoms with Gasteiger partial charge in [-0.05, 0) is 37.1 Å². The third-order valence-electron chi connectivity index (χ3n) is 4.69. The molecule has 26 heavy (non-hydrogen) atoms. The van der Waals surface area contributed by atoms with Gasteiger partial charge in [0.2, 0.25) is 0 Å². The summed E-state index contributed by atoms with van der Waals surface area (Å²) in [5, 5.41) is 4.68. The average Bonchev–Trinajstić information content (AvgIpc) is 3.35. The van der Waals surface area contributed by atoms with Crippen molar-refractivity contribution in [3.63, 3.8) is 0 Å². The predicted molar refractivity (Wildman–Crippen MR) is 97.6 cm³/mol. The lowest BCUT2D eigenvalue weighted by Crippen LogP contribution is -2.49. The molecular weight excluding hydrogens is 372 g/mol. The highest BCUT2D eigenvalue weighted by Gasteiger charge is 2.32. The molecule has 0 radical (unpaired) electrons. The lowest BCUT2D eigenvalue weighted by atomic mass is 10.1. The molecule has 1 aliphatic heterocycles. The fourth-order valence-corrected chi connectivity index (χ4v) is 5.76. The van der Waals surface area contributed by atoms with Gasteiger partial charge in [0, 0.05) is 37.4 Å². The Labute approximate surface area is 156 Å². The molecule has 3 heterocycles. The number of aromatic nitrogens is 2. The molecule has 1 saturated heterocycles. The Hall–Kier alpha value is -1.84.